The molecular weight excluding hydrogens is 300 g/mol. The van der Waals surface area contributed by atoms with Gasteiger partial charge in [-0.1, -0.05) is 6.92 Å². The van der Waals surface area contributed by atoms with Crippen molar-refractivity contribution in [3.63, 3.8) is 0 Å². The lowest BCUT2D eigenvalue weighted by Crippen LogP contribution is -2.97. The molecule has 3 aliphatic rings. The van der Waals surface area contributed by atoms with Gasteiger partial charge in [-0.15, -0.1) is 0 Å². The highest BCUT2D eigenvalue weighted by molar-refractivity contribution is 5.84. The largest absolute Gasteiger partial charge is 0.497 e. The number of aliphatic hydroxyl groups is 1. The van der Waals surface area contributed by atoms with E-state index in [1.165, 1.54) is 36.8 Å². The Morgan fingerprint density at radius 2 is 2.29 bits per heavy atom. The van der Waals surface area contributed by atoms with E-state index in [1.54, 1.807) is 7.11 Å². The summed E-state index contributed by atoms with van der Waals surface area (Å²) in [6, 6.07) is 8.26. The van der Waals surface area contributed by atoms with Crippen molar-refractivity contribution in [3.05, 3.63) is 36.0 Å². The molecule has 3 saturated heterocycles. The molecule has 0 saturated carbocycles. The molecule has 4 heterocycles. The summed E-state index contributed by atoms with van der Waals surface area (Å²) in [6.45, 7) is 4.84. The van der Waals surface area contributed by atoms with Crippen LogP contribution in [0.4, 0.5) is 0 Å². The number of quaternary nitrogens is 1. The monoisotopic (exact) mass is 325 g/mol. The Morgan fingerprint density at radius 3 is 2.92 bits per heavy atom. The van der Waals surface area contributed by atoms with Crippen molar-refractivity contribution >= 4 is 10.9 Å². The summed E-state index contributed by atoms with van der Waals surface area (Å²) < 4.78 is 6.55. The molecule has 3 aliphatic heterocycles. The number of hydrogen-bond acceptors (Lipinski definition) is 3. The van der Waals surface area contributed by atoms with Crippen LogP contribution in [-0.2, 0) is 0 Å². The van der Waals surface area contributed by atoms with Crippen LogP contribution in [0.3, 0.4) is 0 Å². The average molecular weight is 325 g/mol. The quantitative estimate of drug-likeness (QED) is 0.879. The molecule has 3 fully saturated rings. The van der Waals surface area contributed by atoms with E-state index in [2.05, 4.69) is 11.9 Å². The third-order valence-corrected chi connectivity index (χ3v) is 7.49. The lowest BCUT2D eigenvalue weighted by Gasteiger charge is -2.83. The van der Waals surface area contributed by atoms with E-state index in [-0.39, 0.29) is 0 Å². The third kappa shape index (κ3) is 1.50. The summed E-state index contributed by atoms with van der Waals surface area (Å²) in [4.78, 5) is 4.45. The lowest BCUT2D eigenvalue weighted by molar-refractivity contribution is -1.13. The molecular formula is C20H25N2O2+. The van der Waals surface area contributed by atoms with Gasteiger partial charge in [0.2, 0.25) is 0 Å². The van der Waals surface area contributed by atoms with Gasteiger partial charge in [0.25, 0.3) is 0 Å². The molecule has 1 N–H and O–H groups in total. The molecule has 24 heavy (non-hydrogen) atoms. The SMILES string of the molecule is CC[C@H]1C[N+]23CCC12C[C@@H]3[C@@H](O)c1ccnc2ccc(OC)cc12. The first-order valence-electron chi connectivity index (χ1n) is 9.13. The van der Waals surface area contributed by atoms with E-state index < -0.39 is 6.10 Å². The number of aliphatic hydroxyl groups excluding tert-OH is 1. The van der Waals surface area contributed by atoms with Crippen LogP contribution in [-0.4, -0.2) is 46.4 Å². The molecule has 4 heteroatoms. The maximum atomic E-state index is 11.2. The first-order chi connectivity index (χ1) is 11.6. The van der Waals surface area contributed by atoms with E-state index in [0.717, 1.165) is 28.1 Å². The Labute approximate surface area is 142 Å². The Balaban J connectivity index is 1.51. The third-order valence-electron chi connectivity index (χ3n) is 7.49. The van der Waals surface area contributed by atoms with E-state index in [4.69, 9.17) is 4.74 Å². The van der Waals surface area contributed by atoms with Crippen LogP contribution in [0.1, 0.15) is 37.9 Å². The van der Waals surface area contributed by atoms with Crippen molar-refractivity contribution in [1.29, 1.82) is 0 Å². The van der Waals surface area contributed by atoms with Crippen molar-refractivity contribution in [2.75, 3.05) is 20.2 Å². The zero-order chi connectivity index (χ0) is 16.5. The van der Waals surface area contributed by atoms with Gasteiger partial charge in [0.1, 0.15) is 23.4 Å². The maximum Gasteiger partial charge on any atom is 0.132 e. The van der Waals surface area contributed by atoms with Gasteiger partial charge in [0, 0.05) is 11.6 Å². The molecule has 0 amide bonds. The predicted octanol–water partition coefficient (Wildman–Crippen LogP) is 3.05. The van der Waals surface area contributed by atoms with Gasteiger partial charge in [-0.3, -0.25) is 4.98 Å². The van der Waals surface area contributed by atoms with Gasteiger partial charge in [-0.25, -0.2) is 0 Å². The molecule has 5 atom stereocenters. The van der Waals surface area contributed by atoms with Crippen molar-refractivity contribution in [1.82, 2.24) is 4.98 Å². The average Bonchev–Trinajstić information content (AvgIpc) is 2.65. The number of hydrogen-bond donors (Lipinski definition) is 1. The molecule has 4 nitrogen and oxygen atoms in total. The fourth-order valence-electron chi connectivity index (χ4n) is 6.11. The molecule has 126 valence electrons. The molecule has 2 unspecified atom stereocenters. The minimum atomic E-state index is -0.408. The number of pyridine rings is 1. The van der Waals surface area contributed by atoms with Crippen LogP contribution in [0.25, 0.3) is 10.9 Å². The normalized spacial score (nSPS) is 37.5. The number of piperidine rings is 3. The lowest BCUT2D eigenvalue weighted by atomic mass is 9.49. The summed E-state index contributed by atoms with van der Waals surface area (Å²) in [5, 5.41) is 12.2. The van der Waals surface area contributed by atoms with Gasteiger partial charge < -0.3 is 14.3 Å². The highest BCUT2D eigenvalue weighted by Crippen LogP contribution is 2.69. The van der Waals surface area contributed by atoms with Crippen molar-refractivity contribution in [2.45, 2.75) is 43.9 Å². The number of nitrogens with zero attached hydrogens (tertiary/aromatic N) is 2. The topological polar surface area (TPSA) is 42.4 Å². The molecule has 0 spiro atoms. The standard InChI is InChI=1S/C20H25N2O2/c1-3-13-12-22-9-7-20(13,22)11-18(22)19(23)15-6-8-21-17-5-4-14(24-2)10-16(15)17/h4-6,8,10,13,18-19,23H,3,7,9,11-12H2,1-2H3/q+1/t13-,18+,19-,20?,22?/m0/s1. The van der Waals surface area contributed by atoms with Crippen LogP contribution >= 0.6 is 0 Å². The first kappa shape index (κ1) is 14.7. The molecule has 5 rings (SSSR count). The van der Waals surface area contributed by atoms with Crippen LogP contribution in [0.15, 0.2) is 30.5 Å². The summed E-state index contributed by atoms with van der Waals surface area (Å²) >= 11 is 0. The summed E-state index contributed by atoms with van der Waals surface area (Å²) in [7, 11) is 1.68. The number of rotatable bonds is 4. The summed E-state index contributed by atoms with van der Waals surface area (Å²) in [5.74, 6) is 1.70. The Kier molecular flexibility index (Phi) is 2.88. The van der Waals surface area contributed by atoms with E-state index in [1.807, 2.05) is 30.5 Å². The first-order valence-corrected chi connectivity index (χ1v) is 9.13. The van der Waals surface area contributed by atoms with Crippen LogP contribution in [0.5, 0.6) is 5.75 Å². The second-order valence-electron chi connectivity index (χ2n) is 7.90. The fraction of sp³-hybridized carbons (Fsp3) is 0.550. The highest BCUT2D eigenvalue weighted by atomic mass is 16.5. The van der Waals surface area contributed by atoms with Gasteiger partial charge in [-0.05, 0) is 36.2 Å². The number of ether oxygens (including phenoxy) is 1. The molecule has 1 aromatic heterocycles. The van der Waals surface area contributed by atoms with Gasteiger partial charge in [0.05, 0.1) is 44.5 Å². The zero-order valence-corrected chi connectivity index (χ0v) is 14.4. The van der Waals surface area contributed by atoms with E-state index in [0.29, 0.717) is 11.6 Å². The molecule has 1 aromatic carbocycles. The van der Waals surface area contributed by atoms with Crippen LogP contribution in [0.2, 0.25) is 0 Å². The highest BCUT2D eigenvalue weighted by Gasteiger charge is 2.83. The van der Waals surface area contributed by atoms with Gasteiger partial charge in [-0.2, -0.15) is 0 Å². The number of methoxy groups -OCH3 is 1. The number of aromatic nitrogens is 1. The van der Waals surface area contributed by atoms with Crippen LogP contribution < -0.4 is 4.74 Å². The second-order valence-corrected chi connectivity index (χ2v) is 7.90. The molecule has 2 aromatic rings. The molecule has 0 radical (unpaired) electrons. The van der Waals surface area contributed by atoms with Crippen LogP contribution in [0, 0.1) is 5.92 Å². The van der Waals surface area contributed by atoms with E-state index in [9.17, 15) is 5.11 Å². The molecule has 0 bridgehead atoms. The Hall–Kier alpha value is -1.65. The van der Waals surface area contributed by atoms with Crippen molar-refractivity contribution < 1.29 is 14.3 Å². The van der Waals surface area contributed by atoms with Gasteiger partial charge in [0.15, 0.2) is 0 Å². The maximum absolute atomic E-state index is 11.2. The second kappa shape index (κ2) is 4.70. The fourth-order valence-corrected chi connectivity index (χ4v) is 6.11. The van der Waals surface area contributed by atoms with Crippen molar-refractivity contribution in [3.8, 4) is 5.75 Å². The zero-order valence-electron chi connectivity index (χ0n) is 14.4. The number of fused-ring (bicyclic) bond motifs is 1. The Bertz CT molecular complexity index is 822. The van der Waals surface area contributed by atoms with Crippen molar-refractivity contribution in [2.24, 2.45) is 5.92 Å². The minimum absolute atomic E-state index is 0.360. The minimum Gasteiger partial charge on any atom is -0.497 e. The van der Waals surface area contributed by atoms with Gasteiger partial charge >= 0.3 is 0 Å². The number of benzene rings is 1. The smallest absolute Gasteiger partial charge is 0.132 e. The molecule has 0 aliphatic carbocycles. The Morgan fingerprint density at radius 1 is 1.42 bits per heavy atom. The van der Waals surface area contributed by atoms with E-state index >= 15 is 0 Å². The summed E-state index contributed by atoms with van der Waals surface area (Å²) in [6.07, 6.45) is 5.24. The summed E-state index contributed by atoms with van der Waals surface area (Å²) in [5.41, 5.74) is 2.47. The predicted molar refractivity (Wildman–Crippen MR) is 92.8 cm³/mol.